The molecule has 3 rings (SSSR count). The van der Waals surface area contributed by atoms with Crippen molar-refractivity contribution in [1.82, 2.24) is 9.97 Å². The van der Waals surface area contributed by atoms with Crippen LogP contribution in [0.5, 0.6) is 0 Å². The highest BCUT2D eigenvalue weighted by molar-refractivity contribution is 7.15. The van der Waals surface area contributed by atoms with Crippen LogP contribution in [0.1, 0.15) is 10.4 Å². The molecule has 4 nitrogen and oxygen atoms in total. The summed E-state index contributed by atoms with van der Waals surface area (Å²) in [6, 6.07) is 8.43. The summed E-state index contributed by atoms with van der Waals surface area (Å²) < 4.78 is 0. The van der Waals surface area contributed by atoms with Gasteiger partial charge in [0.2, 0.25) is 0 Å². The molecule has 124 valence electrons. The standard InChI is InChI=1S/C15H16N4S2.2ClH/c1-10-3-5-11(6-4-10)13-9-20-15(19-13)18-8-12-7-17-14(16-2)21-12;;/h3-7,9H,8H2,1-2H3,(H,16,17)(H,18,19);2*1H. The molecule has 0 amide bonds. The first-order chi connectivity index (χ1) is 10.2. The van der Waals surface area contributed by atoms with Gasteiger partial charge in [0.25, 0.3) is 0 Å². The molecule has 0 spiro atoms. The number of hydrogen-bond donors (Lipinski definition) is 2. The van der Waals surface area contributed by atoms with Crippen LogP contribution in [-0.2, 0) is 6.54 Å². The van der Waals surface area contributed by atoms with Gasteiger partial charge in [-0.05, 0) is 6.92 Å². The summed E-state index contributed by atoms with van der Waals surface area (Å²) in [5.74, 6) is 0. The minimum absolute atomic E-state index is 0. The number of halogens is 2. The lowest BCUT2D eigenvalue weighted by molar-refractivity contribution is 1.16. The second-order valence-corrected chi connectivity index (χ2v) is 6.61. The molecule has 23 heavy (non-hydrogen) atoms. The minimum atomic E-state index is 0. The van der Waals surface area contributed by atoms with Gasteiger partial charge in [0.1, 0.15) is 0 Å². The molecule has 0 aliphatic carbocycles. The fourth-order valence-corrected chi connectivity index (χ4v) is 3.30. The van der Waals surface area contributed by atoms with Crippen LogP contribution in [0, 0.1) is 6.92 Å². The lowest BCUT2D eigenvalue weighted by Crippen LogP contribution is -1.96. The first kappa shape index (κ1) is 19.7. The monoisotopic (exact) mass is 388 g/mol. The van der Waals surface area contributed by atoms with Gasteiger partial charge in [-0.25, -0.2) is 9.97 Å². The first-order valence-electron chi connectivity index (χ1n) is 6.63. The Morgan fingerprint density at radius 2 is 1.83 bits per heavy atom. The zero-order valence-electron chi connectivity index (χ0n) is 12.7. The summed E-state index contributed by atoms with van der Waals surface area (Å²) in [6.45, 7) is 2.84. The SMILES string of the molecule is CNc1ncc(CNc2nc(-c3ccc(C)cc3)cs2)s1.Cl.Cl. The van der Waals surface area contributed by atoms with Crippen molar-refractivity contribution in [2.75, 3.05) is 17.7 Å². The van der Waals surface area contributed by atoms with Gasteiger partial charge in [0.05, 0.1) is 12.2 Å². The van der Waals surface area contributed by atoms with Crippen LogP contribution in [0.25, 0.3) is 11.3 Å². The van der Waals surface area contributed by atoms with Gasteiger partial charge in [-0.3, -0.25) is 0 Å². The normalized spacial score (nSPS) is 9.65. The Morgan fingerprint density at radius 1 is 1.09 bits per heavy atom. The molecule has 0 radical (unpaired) electrons. The molecule has 0 saturated carbocycles. The Kier molecular flexibility index (Phi) is 7.78. The average Bonchev–Trinajstić information content (AvgIpc) is 3.15. The zero-order chi connectivity index (χ0) is 14.7. The molecule has 1 aromatic carbocycles. The third-order valence-corrected chi connectivity index (χ3v) is 4.85. The van der Waals surface area contributed by atoms with Crippen LogP contribution in [0.15, 0.2) is 35.8 Å². The molecule has 0 bridgehead atoms. The highest BCUT2D eigenvalue weighted by Gasteiger charge is 2.05. The Balaban J connectivity index is 0.00000132. The Morgan fingerprint density at radius 3 is 2.48 bits per heavy atom. The fraction of sp³-hybridized carbons (Fsp3) is 0.200. The largest absolute Gasteiger partial charge is 0.365 e. The number of aryl methyl sites for hydroxylation is 1. The van der Waals surface area contributed by atoms with E-state index in [1.165, 1.54) is 10.4 Å². The maximum absolute atomic E-state index is 4.63. The van der Waals surface area contributed by atoms with Crippen molar-refractivity contribution in [1.29, 1.82) is 0 Å². The van der Waals surface area contributed by atoms with Crippen LogP contribution in [-0.4, -0.2) is 17.0 Å². The Bertz CT molecular complexity index is 725. The van der Waals surface area contributed by atoms with Gasteiger partial charge in [-0.15, -0.1) is 47.5 Å². The average molecular weight is 389 g/mol. The lowest BCUT2D eigenvalue weighted by atomic mass is 10.1. The fourth-order valence-electron chi connectivity index (χ4n) is 1.88. The van der Waals surface area contributed by atoms with Crippen LogP contribution in [0.3, 0.4) is 0 Å². The first-order valence-corrected chi connectivity index (χ1v) is 8.33. The number of thiazole rings is 2. The summed E-state index contributed by atoms with van der Waals surface area (Å²) in [4.78, 5) is 10.1. The van der Waals surface area contributed by atoms with Crippen molar-refractivity contribution >= 4 is 57.8 Å². The number of hydrogen-bond acceptors (Lipinski definition) is 6. The van der Waals surface area contributed by atoms with E-state index in [0.29, 0.717) is 0 Å². The van der Waals surface area contributed by atoms with Crippen LogP contribution >= 0.6 is 47.5 Å². The number of nitrogens with zero attached hydrogens (tertiary/aromatic N) is 2. The summed E-state index contributed by atoms with van der Waals surface area (Å²) >= 11 is 3.28. The molecule has 0 fully saturated rings. The molecule has 0 aliphatic heterocycles. The van der Waals surface area contributed by atoms with Crippen molar-refractivity contribution in [2.45, 2.75) is 13.5 Å². The molecule has 2 heterocycles. The predicted molar refractivity (Wildman–Crippen MR) is 106 cm³/mol. The van der Waals surface area contributed by atoms with Crippen LogP contribution < -0.4 is 10.6 Å². The van der Waals surface area contributed by atoms with E-state index in [2.05, 4.69) is 57.2 Å². The molecule has 0 unspecified atom stereocenters. The maximum Gasteiger partial charge on any atom is 0.183 e. The van der Waals surface area contributed by atoms with Crippen molar-refractivity contribution in [3.63, 3.8) is 0 Å². The summed E-state index contributed by atoms with van der Waals surface area (Å²) in [7, 11) is 1.88. The molecular formula is C15H18Cl2N4S2. The van der Waals surface area contributed by atoms with Gasteiger partial charge in [-0.2, -0.15) is 0 Å². The lowest BCUT2D eigenvalue weighted by Gasteiger charge is -1.99. The molecule has 8 heteroatoms. The number of anilines is 2. The van der Waals surface area contributed by atoms with Crippen LogP contribution in [0.2, 0.25) is 0 Å². The molecule has 2 aromatic heterocycles. The van der Waals surface area contributed by atoms with Crippen molar-refractivity contribution in [3.05, 3.63) is 46.3 Å². The van der Waals surface area contributed by atoms with Gasteiger partial charge >= 0.3 is 0 Å². The second kappa shape index (κ2) is 9.08. The van der Waals surface area contributed by atoms with E-state index in [1.807, 2.05) is 13.2 Å². The van der Waals surface area contributed by atoms with Gasteiger partial charge in [0, 0.05) is 29.1 Å². The summed E-state index contributed by atoms with van der Waals surface area (Å²) in [5.41, 5.74) is 3.43. The Hall–Kier alpha value is -1.34. The van der Waals surface area contributed by atoms with Gasteiger partial charge in [0.15, 0.2) is 10.3 Å². The third kappa shape index (κ3) is 5.07. The minimum Gasteiger partial charge on any atom is -0.365 e. The highest BCUT2D eigenvalue weighted by atomic mass is 35.5. The van der Waals surface area contributed by atoms with Gasteiger partial charge in [-0.1, -0.05) is 29.8 Å². The molecule has 2 N–H and O–H groups in total. The summed E-state index contributed by atoms with van der Waals surface area (Å²) in [6.07, 6.45) is 1.89. The smallest absolute Gasteiger partial charge is 0.183 e. The molecule has 0 aliphatic rings. The Labute approximate surface area is 156 Å². The van der Waals surface area contributed by atoms with E-state index in [0.717, 1.165) is 28.1 Å². The topological polar surface area (TPSA) is 49.8 Å². The zero-order valence-corrected chi connectivity index (χ0v) is 16.0. The molecule has 0 atom stereocenters. The van der Waals surface area contributed by atoms with E-state index in [1.54, 1.807) is 22.7 Å². The predicted octanol–water partition coefficient (Wildman–Crippen LogP) is 5.07. The van der Waals surface area contributed by atoms with Crippen molar-refractivity contribution < 1.29 is 0 Å². The molecule has 0 saturated heterocycles. The number of aromatic nitrogens is 2. The molecular weight excluding hydrogens is 371 g/mol. The maximum atomic E-state index is 4.63. The van der Waals surface area contributed by atoms with Gasteiger partial charge < -0.3 is 10.6 Å². The quantitative estimate of drug-likeness (QED) is 0.640. The van der Waals surface area contributed by atoms with Crippen molar-refractivity contribution in [2.24, 2.45) is 0 Å². The summed E-state index contributed by atoms with van der Waals surface area (Å²) in [5, 5.41) is 10.3. The van der Waals surface area contributed by atoms with E-state index in [4.69, 9.17) is 0 Å². The third-order valence-electron chi connectivity index (χ3n) is 3.03. The molecule has 3 aromatic rings. The highest BCUT2D eigenvalue weighted by Crippen LogP contribution is 2.26. The number of benzene rings is 1. The van der Waals surface area contributed by atoms with E-state index in [9.17, 15) is 0 Å². The van der Waals surface area contributed by atoms with E-state index in [-0.39, 0.29) is 24.8 Å². The van der Waals surface area contributed by atoms with Crippen molar-refractivity contribution in [3.8, 4) is 11.3 Å². The number of nitrogens with one attached hydrogen (secondary N) is 2. The second-order valence-electron chi connectivity index (χ2n) is 4.64. The number of rotatable bonds is 5. The van der Waals surface area contributed by atoms with E-state index >= 15 is 0 Å². The van der Waals surface area contributed by atoms with Crippen LogP contribution in [0.4, 0.5) is 10.3 Å². The van der Waals surface area contributed by atoms with E-state index < -0.39 is 0 Å².